The van der Waals surface area contributed by atoms with Crippen molar-refractivity contribution in [2.24, 2.45) is 4.99 Å². The van der Waals surface area contributed by atoms with E-state index in [1.807, 2.05) is 13.1 Å². The lowest BCUT2D eigenvalue weighted by atomic mass is 10.0. The van der Waals surface area contributed by atoms with Crippen LogP contribution in [0.5, 0.6) is 0 Å². The first-order valence-electron chi connectivity index (χ1n) is 10.3. The molecule has 1 aromatic rings. The number of nitrogens with zero attached hydrogens (tertiary/aromatic N) is 2. The second kappa shape index (κ2) is 11.6. The number of aliphatic imine (C=N–C) groups is 1. The molecule has 148 valence electrons. The maximum Gasteiger partial charge on any atom is 0.302 e. The molecule has 0 saturated carbocycles. The Kier molecular flexibility index (Phi) is 9.09. The predicted octanol–water partition coefficient (Wildman–Crippen LogP) is 5.66. The zero-order valence-electron chi connectivity index (χ0n) is 17.1. The number of anilines is 1. The van der Waals surface area contributed by atoms with Crippen LogP contribution in [-0.4, -0.2) is 24.8 Å². The highest BCUT2D eigenvalue weighted by molar-refractivity contribution is 5.71. The van der Waals surface area contributed by atoms with Crippen LogP contribution in [-0.2, 0) is 16.0 Å². The Labute approximate surface area is 164 Å². The monoisotopic (exact) mass is 370 g/mol. The molecule has 1 aromatic carbocycles. The van der Waals surface area contributed by atoms with Gasteiger partial charge in [-0.25, -0.2) is 0 Å². The van der Waals surface area contributed by atoms with E-state index in [-0.39, 0.29) is 12.1 Å². The second-order valence-corrected chi connectivity index (χ2v) is 7.40. The molecule has 0 radical (unpaired) electrons. The summed E-state index contributed by atoms with van der Waals surface area (Å²) in [6, 6.07) is 8.80. The standard InChI is InChI=1S/C23H34N2O2/c1-4-5-6-7-8-9-11-21-12-10-13-23(17-21)25-15-14-24-22(18-25)16-19(2)27-20(3)26/h10,12-14,17-19H,4-9,11,15-16H2,1-3H3. The Hall–Kier alpha value is -2.10. The maximum atomic E-state index is 11.1. The molecule has 0 bridgehead atoms. The van der Waals surface area contributed by atoms with Crippen LogP contribution in [0.15, 0.2) is 41.2 Å². The third-order valence-corrected chi connectivity index (χ3v) is 4.77. The fraction of sp³-hybridized carbons (Fsp3) is 0.565. The number of ether oxygens (including phenoxy) is 1. The summed E-state index contributed by atoms with van der Waals surface area (Å²) in [6.07, 6.45) is 13.6. The lowest BCUT2D eigenvalue weighted by Gasteiger charge is -2.24. The van der Waals surface area contributed by atoms with Crippen LogP contribution >= 0.6 is 0 Å². The molecule has 1 aliphatic heterocycles. The van der Waals surface area contributed by atoms with Gasteiger partial charge in [-0.15, -0.1) is 0 Å². The third-order valence-electron chi connectivity index (χ3n) is 4.77. The summed E-state index contributed by atoms with van der Waals surface area (Å²) in [5.41, 5.74) is 3.53. The summed E-state index contributed by atoms with van der Waals surface area (Å²) < 4.78 is 5.22. The highest BCUT2D eigenvalue weighted by atomic mass is 16.5. The van der Waals surface area contributed by atoms with Crippen LogP contribution in [0.25, 0.3) is 0 Å². The molecule has 27 heavy (non-hydrogen) atoms. The van der Waals surface area contributed by atoms with E-state index in [2.05, 4.69) is 47.3 Å². The van der Waals surface area contributed by atoms with Crippen LogP contribution in [0.2, 0.25) is 0 Å². The first kappa shape index (κ1) is 21.2. The first-order chi connectivity index (χ1) is 13.1. The molecule has 4 heteroatoms. The van der Waals surface area contributed by atoms with Crippen LogP contribution in [0.1, 0.15) is 71.3 Å². The lowest BCUT2D eigenvalue weighted by molar-refractivity contribution is -0.145. The van der Waals surface area contributed by atoms with Crippen molar-refractivity contribution in [3.05, 3.63) is 41.7 Å². The average Bonchev–Trinajstić information content (AvgIpc) is 2.64. The number of rotatable bonds is 11. The number of unbranched alkanes of at least 4 members (excludes halogenated alkanes) is 5. The van der Waals surface area contributed by atoms with Gasteiger partial charge in [0.2, 0.25) is 0 Å². The SMILES string of the molecule is CCCCCCCCc1cccc(N2C=C(CC(C)OC(C)=O)N=CC2)c1. The Morgan fingerprint density at radius 3 is 2.78 bits per heavy atom. The lowest BCUT2D eigenvalue weighted by Crippen LogP contribution is -2.23. The Balaban J connectivity index is 1.89. The van der Waals surface area contributed by atoms with Crippen molar-refractivity contribution >= 4 is 17.9 Å². The summed E-state index contributed by atoms with van der Waals surface area (Å²) in [5.74, 6) is -0.248. The molecule has 0 aromatic heterocycles. The summed E-state index contributed by atoms with van der Waals surface area (Å²) >= 11 is 0. The topological polar surface area (TPSA) is 41.9 Å². The number of hydrogen-bond acceptors (Lipinski definition) is 4. The van der Waals surface area contributed by atoms with E-state index < -0.39 is 0 Å². The fourth-order valence-electron chi connectivity index (χ4n) is 3.42. The Morgan fingerprint density at radius 1 is 1.22 bits per heavy atom. The largest absolute Gasteiger partial charge is 0.462 e. The minimum absolute atomic E-state index is 0.162. The molecule has 1 aliphatic rings. The van der Waals surface area contributed by atoms with E-state index in [1.165, 1.54) is 56.7 Å². The van der Waals surface area contributed by atoms with Crippen molar-refractivity contribution in [3.63, 3.8) is 0 Å². The third kappa shape index (κ3) is 7.98. The molecule has 0 fully saturated rings. The van der Waals surface area contributed by atoms with Gasteiger partial charge in [-0.2, -0.15) is 0 Å². The van der Waals surface area contributed by atoms with E-state index in [1.54, 1.807) is 0 Å². The van der Waals surface area contributed by atoms with E-state index in [4.69, 9.17) is 4.74 Å². The van der Waals surface area contributed by atoms with Crippen molar-refractivity contribution in [2.75, 3.05) is 11.4 Å². The van der Waals surface area contributed by atoms with E-state index in [0.29, 0.717) is 6.42 Å². The summed E-state index contributed by atoms with van der Waals surface area (Å²) in [5, 5.41) is 0. The second-order valence-electron chi connectivity index (χ2n) is 7.40. The van der Waals surface area contributed by atoms with Gasteiger partial charge in [0.1, 0.15) is 6.10 Å². The molecule has 0 amide bonds. The molecule has 2 rings (SSSR count). The molecule has 1 atom stereocenters. The van der Waals surface area contributed by atoms with Gasteiger partial charge in [0.15, 0.2) is 0 Å². The van der Waals surface area contributed by atoms with E-state index >= 15 is 0 Å². The molecule has 1 heterocycles. The zero-order valence-corrected chi connectivity index (χ0v) is 17.1. The van der Waals surface area contributed by atoms with Gasteiger partial charge in [0.25, 0.3) is 0 Å². The van der Waals surface area contributed by atoms with Crippen molar-refractivity contribution in [3.8, 4) is 0 Å². The number of carbonyl (C=O) groups is 1. The molecule has 4 nitrogen and oxygen atoms in total. The Bertz CT molecular complexity index is 652. The number of esters is 1. The van der Waals surface area contributed by atoms with Gasteiger partial charge in [-0.1, -0.05) is 51.2 Å². The van der Waals surface area contributed by atoms with Crippen molar-refractivity contribution in [2.45, 2.75) is 78.2 Å². The van der Waals surface area contributed by atoms with E-state index in [9.17, 15) is 4.79 Å². The number of hydrogen-bond donors (Lipinski definition) is 0. The quantitative estimate of drug-likeness (QED) is 0.372. The highest BCUT2D eigenvalue weighted by Gasteiger charge is 2.13. The molecule has 0 N–H and O–H groups in total. The van der Waals surface area contributed by atoms with Gasteiger partial charge in [-0.05, 0) is 37.5 Å². The molecular formula is C23H34N2O2. The average molecular weight is 371 g/mol. The predicted molar refractivity (Wildman–Crippen MR) is 113 cm³/mol. The molecule has 1 unspecified atom stereocenters. The molecular weight excluding hydrogens is 336 g/mol. The number of aryl methyl sites for hydroxylation is 1. The number of carbonyl (C=O) groups excluding carboxylic acids is 1. The van der Waals surface area contributed by atoms with Crippen molar-refractivity contribution < 1.29 is 9.53 Å². The van der Waals surface area contributed by atoms with Crippen LogP contribution in [0, 0.1) is 0 Å². The van der Waals surface area contributed by atoms with Crippen molar-refractivity contribution in [1.29, 1.82) is 0 Å². The maximum absolute atomic E-state index is 11.1. The van der Waals surface area contributed by atoms with Crippen LogP contribution in [0.4, 0.5) is 5.69 Å². The highest BCUT2D eigenvalue weighted by Crippen LogP contribution is 2.22. The minimum Gasteiger partial charge on any atom is -0.462 e. The van der Waals surface area contributed by atoms with Gasteiger partial charge < -0.3 is 9.64 Å². The van der Waals surface area contributed by atoms with Crippen LogP contribution in [0.3, 0.4) is 0 Å². The van der Waals surface area contributed by atoms with Gasteiger partial charge in [0, 0.05) is 31.4 Å². The van der Waals surface area contributed by atoms with Gasteiger partial charge >= 0.3 is 5.97 Å². The first-order valence-corrected chi connectivity index (χ1v) is 10.3. The van der Waals surface area contributed by atoms with E-state index in [0.717, 1.165) is 18.7 Å². The molecule has 0 aliphatic carbocycles. The molecule has 0 spiro atoms. The minimum atomic E-state index is -0.248. The summed E-state index contributed by atoms with van der Waals surface area (Å²) in [7, 11) is 0. The fourth-order valence-corrected chi connectivity index (χ4v) is 3.42. The summed E-state index contributed by atoms with van der Waals surface area (Å²) in [4.78, 5) is 17.8. The summed E-state index contributed by atoms with van der Waals surface area (Å²) in [6.45, 7) is 6.37. The smallest absolute Gasteiger partial charge is 0.302 e. The van der Waals surface area contributed by atoms with Gasteiger partial charge in [0.05, 0.1) is 12.2 Å². The zero-order chi connectivity index (χ0) is 19.5. The van der Waals surface area contributed by atoms with Crippen molar-refractivity contribution in [1.82, 2.24) is 0 Å². The van der Waals surface area contributed by atoms with Gasteiger partial charge in [-0.3, -0.25) is 9.79 Å². The molecule has 0 saturated heterocycles. The Morgan fingerprint density at radius 2 is 2.00 bits per heavy atom. The van der Waals surface area contributed by atoms with Crippen LogP contribution < -0.4 is 4.90 Å². The number of benzene rings is 1. The normalized spacial score (nSPS) is 14.8.